The number of carbonyl (C=O) groups is 1. The molecule has 0 bridgehead atoms. The maximum Gasteiger partial charge on any atom is 0.337 e. The highest BCUT2D eigenvalue weighted by molar-refractivity contribution is 6.33. The van der Waals surface area contributed by atoms with Gasteiger partial charge in [0.05, 0.1) is 34.8 Å². The van der Waals surface area contributed by atoms with Crippen molar-refractivity contribution in [3.63, 3.8) is 0 Å². The van der Waals surface area contributed by atoms with E-state index in [-0.39, 0.29) is 21.8 Å². The van der Waals surface area contributed by atoms with E-state index in [0.717, 1.165) is 25.0 Å². The summed E-state index contributed by atoms with van der Waals surface area (Å²) < 4.78 is 38.5. The predicted octanol–water partition coefficient (Wildman–Crippen LogP) is 5.42. The molecule has 0 amide bonds. The number of aromatic carboxylic acids is 1. The first-order valence-corrected chi connectivity index (χ1v) is 10.1. The molecule has 0 saturated carbocycles. The molecule has 1 aromatic heterocycles. The molecule has 0 saturated heterocycles. The summed E-state index contributed by atoms with van der Waals surface area (Å²) in [6.45, 7) is 0.620. The molecule has 32 heavy (non-hydrogen) atoms. The van der Waals surface area contributed by atoms with Crippen molar-refractivity contribution in [1.29, 1.82) is 0 Å². The van der Waals surface area contributed by atoms with Crippen LogP contribution in [-0.2, 0) is 11.2 Å². The fraction of sp³-hybridized carbons (Fsp3) is 0.261. The minimum atomic E-state index is -1.17. The van der Waals surface area contributed by atoms with E-state index in [1.54, 1.807) is 13.3 Å². The van der Waals surface area contributed by atoms with Crippen LogP contribution in [0.3, 0.4) is 0 Å². The number of aromatic nitrogens is 2. The second kappa shape index (κ2) is 10.5. The van der Waals surface area contributed by atoms with E-state index in [4.69, 9.17) is 21.1 Å². The zero-order chi connectivity index (χ0) is 23.3. The van der Waals surface area contributed by atoms with Gasteiger partial charge in [0.1, 0.15) is 0 Å². The van der Waals surface area contributed by atoms with Gasteiger partial charge in [-0.3, -0.25) is 4.98 Å². The van der Waals surface area contributed by atoms with Gasteiger partial charge in [-0.1, -0.05) is 17.7 Å². The van der Waals surface area contributed by atoms with Gasteiger partial charge in [-0.25, -0.2) is 18.6 Å². The highest BCUT2D eigenvalue weighted by atomic mass is 35.5. The van der Waals surface area contributed by atoms with Crippen LogP contribution in [-0.4, -0.2) is 41.9 Å². The van der Waals surface area contributed by atoms with Crippen molar-refractivity contribution in [3.05, 3.63) is 64.4 Å². The Balaban J connectivity index is 2.11. The number of carboxylic acids is 1. The fourth-order valence-corrected chi connectivity index (χ4v) is 3.50. The van der Waals surface area contributed by atoms with E-state index in [1.165, 1.54) is 25.3 Å². The molecule has 0 spiro atoms. The third-order valence-electron chi connectivity index (χ3n) is 4.80. The van der Waals surface area contributed by atoms with Gasteiger partial charge < -0.3 is 14.6 Å². The van der Waals surface area contributed by atoms with Crippen LogP contribution in [0, 0.1) is 11.6 Å². The van der Waals surface area contributed by atoms with Gasteiger partial charge in [-0.15, -0.1) is 0 Å². The zero-order valence-electron chi connectivity index (χ0n) is 17.5. The minimum Gasteiger partial charge on any atom is -0.491 e. The number of unbranched alkanes of at least 4 members (excludes halogenated alkanes) is 1. The minimum absolute atomic E-state index is 0.0142. The second-order valence-electron chi connectivity index (χ2n) is 6.98. The number of benzene rings is 2. The number of carboxylic acid groups (broad SMARTS) is 1. The normalized spacial score (nSPS) is 10.9. The van der Waals surface area contributed by atoms with E-state index >= 15 is 0 Å². The van der Waals surface area contributed by atoms with Crippen molar-refractivity contribution < 1.29 is 28.2 Å². The van der Waals surface area contributed by atoms with Crippen LogP contribution in [0.1, 0.15) is 28.9 Å². The van der Waals surface area contributed by atoms with Crippen LogP contribution in [0.15, 0.2) is 36.5 Å². The first-order valence-electron chi connectivity index (χ1n) is 9.77. The number of aryl methyl sites for hydroxylation is 1. The number of hydrogen-bond donors (Lipinski definition) is 1. The highest BCUT2D eigenvalue weighted by Crippen LogP contribution is 2.34. The molecule has 0 aliphatic carbocycles. The first-order chi connectivity index (χ1) is 15.3. The molecule has 0 unspecified atom stereocenters. The van der Waals surface area contributed by atoms with Gasteiger partial charge in [0.25, 0.3) is 0 Å². The Morgan fingerprint density at radius 3 is 2.38 bits per heavy atom. The SMILES string of the molecule is COCCCCc1cnc(-c2cc(F)c(OC)c(F)c2)c(-c2ccc(C(=O)O)c(Cl)c2)n1. The van der Waals surface area contributed by atoms with Crippen molar-refractivity contribution in [2.45, 2.75) is 19.3 Å². The van der Waals surface area contributed by atoms with Gasteiger partial charge in [0, 0.05) is 31.0 Å². The highest BCUT2D eigenvalue weighted by Gasteiger charge is 2.19. The van der Waals surface area contributed by atoms with Gasteiger partial charge in [-0.2, -0.15) is 0 Å². The van der Waals surface area contributed by atoms with Crippen LogP contribution in [0.25, 0.3) is 22.5 Å². The molecule has 168 valence electrons. The van der Waals surface area contributed by atoms with Gasteiger partial charge >= 0.3 is 5.97 Å². The van der Waals surface area contributed by atoms with Crippen LogP contribution in [0.2, 0.25) is 5.02 Å². The molecular formula is C23H21ClF2N2O4. The topological polar surface area (TPSA) is 81.5 Å². The van der Waals surface area contributed by atoms with Crippen molar-refractivity contribution >= 4 is 17.6 Å². The average molecular weight is 463 g/mol. The molecular weight excluding hydrogens is 442 g/mol. The van der Waals surface area contributed by atoms with E-state index in [2.05, 4.69) is 9.97 Å². The summed E-state index contributed by atoms with van der Waals surface area (Å²) in [6, 6.07) is 6.56. The second-order valence-corrected chi connectivity index (χ2v) is 7.39. The van der Waals surface area contributed by atoms with E-state index < -0.39 is 23.4 Å². The molecule has 0 aliphatic rings. The molecule has 6 nitrogen and oxygen atoms in total. The summed E-state index contributed by atoms with van der Waals surface area (Å²) in [5.41, 5.74) is 1.79. The third-order valence-corrected chi connectivity index (χ3v) is 5.12. The lowest BCUT2D eigenvalue weighted by Gasteiger charge is -2.13. The fourth-order valence-electron chi connectivity index (χ4n) is 3.24. The van der Waals surface area contributed by atoms with Crippen molar-refractivity contribution in [2.75, 3.05) is 20.8 Å². The van der Waals surface area contributed by atoms with Gasteiger partial charge in [0.15, 0.2) is 17.4 Å². The molecule has 0 fully saturated rings. The Kier molecular flexibility index (Phi) is 7.71. The smallest absolute Gasteiger partial charge is 0.337 e. The molecule has 3 aromatic rings. The Hall–Kier alpha value is -3.10. The monoisotopic (exact) mass is 462 g/mol. The average Bonchev–Trinajstić information content (AvgIpc) is 2.76. The van der Waals surface area contributed by atoms with Crippen LogP contribution in [0.5, 0.6) is 5.75 Å². The number of hydrogen-bond acceptors (Lipinski definition) is 5. The summed E-state index contributed by atoms with van der Waals surface area (Å²) in [7, 11) is 2.81. The van der Waals surface area contributed by atoms with Crippen LogP contribution in [0.4, 0.5) is 8.78 Å². The van der Waals surface area contributed by atoms with Crippen molar-refractivity contribution in [3.8, 4) is 28.3 Å². The predicted molar refractivity (Wildman–Crippen MR) is 116 cm³/mol. The maximum absolute atomic E-state index is 14.3. The van der Waals surface area contributed by atoms with Gasteiger partial charge in [-0.05, 0) is 43.5 Å². The largest absolute Gasteiger partial charge is 0.491 e. The lowest BCUT2D eigenvalue weighted by atomic mass is 10.0. The summed E-state index contributed by atoms with van der Waals surface area (Å²) >= 11 is 6.14. The summed E-state index contributed by atoms with van der Waals surface area (Å²) in [4.78, 5) is 20.4. The lowest BCUT2D eigenvalue weighted by Crippen LogP contribution is -2.02. The molecule has 0 radical (unpaired) electrons. The van der Waals surface area contributed by atoms with Crippen LogP contribution < -0.4 is 4.74 Å². The quantitative estimate of drug-likeness (QED) is 0.428. The number of rotatable bonds is 9. The number of nitrogens with zero attached hydrogens (tertiary/aromatic N) is 2. The van der Waals surface area contributed by atoms with Crippen molar-refractivity contribution in [1.82, 2.24) is 9.97 Å². The molecule has 0 aliphatic heterocycles. The van der Waals surface area contributed by atoms with Gasteiger partial charge in [0.2, 0.25) is 0 Å². The molecule has 0 atom stereocenters. The Labute approximate surface area is 188 Å². The first kappa shape index (κ1) is 23.6. The van der Waals surface area contributed by atoms with E-state index in [9.17, 15) is 18.7 Å². The maximum atomic E-state index is 14.3. The van der Waals surface area contributed by atoms with E-state index in [1.807, 2.05) is 0 Å². The summed E-state index contributed by atoms with van der Waals surface area (Å²) in [5, 5.41) is 9.25. The molecule has 1 heterocycles. The van der Waals surface area contributed by atoms with Crippen LogP contribution >= 0.6 is 11.6 Å². The Bertz CT molecular complexity index is 1120. The number of methoxy groups -OCH3 is 2. The number of halogens is 3. The Morgan fingerprint density at radius 2 is 1.78 bits per heavy atom. The van der Waals surface area contributed by atoms with E-state index in [0.29, 0.717) is 30.0 Å². The summed E-state index contributed by atoms with van der Waals surface area (Å²) in [6.07, 6.45) is 3.82. The summed E-state index contributed by atoms with van der Waals surface area (Å²) in [5.74, 6) is -3.41. The number of ether oxygens (including phenoxy) is 2. The molecule has 9 heteroatoms. The lowest BCUT2D eigenvalue weighted by molar-refractivity contribution is 0.0697. The molecule has 3 rings (SSSR count). The zero-order valence-corrected chi connectivity index (χ0v) is 18.2. The molecule has 1 N–H and O–H groups in total. The third kappa shape index (κ3) is 5.20. The van der Waals surface area contributed by atoms with Crippen molar-refractivity contribution in [2.24, 2.45) is 0 Å². The Morgan fingerprint density at radius 1 is 1.06 bits per heavy atom. The standard InChI is InChI=1S/C23H21ClF2N2O4/c1-31-8-4-3-5-15-12-27-20(14-10-18(25)22(32-2)19(26)11-14)21(28-15)13-6-7-16(23(29)30)17(24)9-13/h6-7,9-12H,3-5,8H2,1-2H3,(H,29,30). The molecule has 2 aromatic carbocycles.